The molecule has 1 N–H and O–H groups in total. The third kappa shape index (κ3) is 4.14. The zero-order valence-electron chi connectivity index (χ0n) is 10.2. The summed E-state index contributed by atoms with van der Waals surface area (Å²) < 4.78 is 0. The van der Waals surface area contributed by atoms with Crippen LogP contribution >= 0.6 is 12.2 Å². The number of nitrogens with zero attached hydrogens (tertiary/aromatic N) is 2. The first-order chi connectivity index (χ1) is 7.63. The zero-order chi connectivity index (χ0) is 12.0. The number of aromatic nitrogens is 1. The lowest BCUT2D eigenvalue weighted by molar-refractivity contribution is 0.481. The lowest BCUT2D eigenvalue weighted by Crippen LogP contribution is -2.37. The second-order valence-electron chi connectivity index (χ2n) is 3.86. The molecule has 0 spiro atoms. The summed E-state index contributed by atoms with van der Waals surface area (Å²) in [5.74, 6) is 0. The van der Waals surface area contributed by atoms with E-state index in [-0.39, 0.29) is 0 Å². The summed E-state index contributed by atoms with van der Waals surface area (Å²) in [6.45, 7) is 5.79. The van der Waals surface area contributed by atoms with Crippen molar-refractivity contribution in [3.8, 4) is 0 Å². The molecule has 0 aromatic carbocycles. The summed E-state index contributed by atoms with van der Waals surface area (Å²) >= 11 is 5.26. The van der Waals surface area contributed by atoms with Crippen LogP contribution in [-0.4, -0.2) is 28.6 Å². The van der Waals surface area contributed by atoms with Crippen LogP contribution in [0.3, 0.4) is 0 Å². The molecule has 0 radical (unpaired) electrons. The Hall–Kier alpha value is -1.16. The van der Waals surface area contributed by atoms with E-state index >= 15 is 0 Å². The van der Waals surface area contributed by atoms with Gasteiger partial charge in [0.15, 0.2) is 5.11 Å². The molecule has 0 unspecified atom stereocenters. The van der Waals surface area contributed by atoms with Crippen molar-refractivity contribution in [3.05, 3.63) is 29.6 Å². The minimum absolute atomic E-state index is 0.747. The summed E-state index contributed by atoms with van der Waals surface area (Å²) in [4.78, 5) is 6.45. The van der Waals surface area contributed by atoms with Crippen LogP contribution < -0.4 is 5.32 Å². The van der Waals surface area contributed by atoms with Gasteiger partial charge in [-0.2, -0.15) is 0 Å². The Morgan fingerprint density at radius 2 is 2.25 bits per heavy atom. The third-order valence-electron chi connectivity index (χ3n) is 2.22. The molecule has 0 aliphatic carbocycles. The van der Waals surface area contributed by atoms with Crippen LogP contribution in [0.4, 0.5) is 0 Å². The highest BCUT2D eigenvalue weighted by Crippen LogP contribution is 2.01. The number of nitrogens with one attached hydrogen (secondary N) is 1. The fourth-order valence-corrected chi connectivity index (χ4v) is 1.54. The maximum absolute atomic E-state index is 5.26. The number of aryl methyl sites for hydroxylation is 1. The van der Waals surface area contributed by atoms with Gasteiger partial charge in [-0.3, -0.25) is 4.98 Å². The Kier molecular flexibility index (Phi) is 5.19. The lowest BCUT2D eigenvalue weighted by Gasteiger charge is -2.20. The van der Waals surface area contributed by atoms with E-state index < -0.39 is 0 Å². The predicted octanol–water partition coefficient (Wildman–Crippen LogP) is 2.11. The number of pyridine rings is 1. The van der Waals surface area contributed by atoms with Crippen molar-refractivity contribution in [2.24, 2.45) is 0 Å². The average Bonchev–Trinajstić information content (AvgIpc) is 2.25. The zero-order valence-corrected chi connectivity index (χ0v) is 11.0. The van der Waals surface area contributed by atoms with Crippen molar-refractivity contribution in [3.63, 3.8) is 0 Å². The highest BCUT2D eigenvalue weighted by molar-refractivity contribution is 7.80. The third-order valence-corrected chi connectivity index (χ3v) is 2.67. The van der Waals surface area contributed by atoms with Crippen molar-refractivity contribution < 1.29 is 0 Å². The summed E-state index contributed by atoms with van der Waals surface area (Å²) in [5.41, 5.74) is 2.08. The van der Waals surface area contributed by atoms with E-state index in [2.05, 4.69) is 17.2 Å². The molecule has 1 aromatic heterocycles. The smallest absolute Gasteiger partial charge is 0.169 e. The van der Waals surface area contributed by atoms with E-state index in [1.807, 2.05) is 37.1 Å². The molecule has 0 saturated heterocycles. The van der Waals surface area contributed by atoms with Crippen molar-refractivity contribution >= 4 is 17.3 Å². The topological polar surface area (TPSA) is 28.2 Å². The van der Waals surface area contributed by atoms with Crippen LogP contribution in [0.15, 0.2) is 18.2 Å². The van der Waals surface area contributed by atoms with E-state index in [1.165, 1.54) is 0 Å². The second kappa shape index (κ2) is 6.43. The number of thiocarbonyl (C=S) groups is 1. The first-order valence-electron chi connectivity index (χ1n) is 5.55. The molecular weight excluding hydrogens is 218 g/mol. The van der Waals surface area contributed by atoms with E-state index in [0.29, 0.717) is 0 Å². The maximum atomic E-state index is 5.26. The monoisotopic (exact) mass is 237 g/mol. The van der Waals surface area contributed by atoms with Crippen LogP contribution in [-0.2, 0) is 6.54 Å². The molecule has 88 valence electrons. The number of hydrogen-bond donors (Lipinski definition) is 1. The molecule has 1 rings (SSSR count). The van der Waals surface area contributed by atoms with Crippen LogP contribution in [0.5, 0.6) is 0 Å². The molecule has 1 aromatic rings. The van der Waals surface area contributed by atoms with E-state index in [4.69, 9.17) is 12.2 Å². The fraction of sp³-hybridized carbons (Fsp3) is 0.500. The average molecular weight is 237 g/mol. The van der Waals surface area contributed by atoms with Gasteiger partial charge in [-0.15, -0.1) is 0 Å². The highest BCUT2D eigenvalue weighted by Gasteiger charge is 2.04. The first-order valence-corrected chi connectivity index (χ1v) is 5.95. The maximum Gasteiger partial charge on any atom is 0.169 e. The Balaban J connectivity index is 2.50. The van der Waals surface area contributed by atoms with Gasteiger partial charge in [0, 0.05) is 19.3 Å². The van der Waals surface area contributed by atoms with Gasteiger partial charge in [-0.25, -0.2) is 0 Å². The van der Waals surface area contributed by atoms with Crippen LogP contribution in [0, 0.1) is 6.92 Å². The van der Waals surface area contributed by atoms with Gasteiger partial charge in [0.05, 0.1) is 12.2 Å². The number of hydrogen-bond acceptors (Lipinski definition) is 2. The van der Waals surface area contributed by atoms with Gasteiger partial charge < -0.3 is 10.2 Å². The van der Waals surface area contributed by atoms with Gasteiger partial charge in [0.1, 0.15) is 0 Å². The summed E-state index contributed by atoms with van der Waals surface area (Å²) in [5, 5.41) is 3.98. The molecule has 4 heteroatoms. The molecule has 0 saturated carbocycles. The molecule has 0 aliphatic rings. The largest absolute Gasteiger partial charge is 0.363 e. The van der Waals surface area contributed by atoms with E-state index in [9.17, 15) is 0 Å². The molecule has 0 amide bonds. The molecule has 0 fully saturated rings. The van der Waals surface area contributed by atoms with Gasteiger partial charge in [-0.05, 0) is 37.7 Å². The number of rotatable bonds is 4. The molecular formula is C12H19N3S. The second-order valence-corrected chi connectivity index (χ2v) is 4.24. The Morgan fingerprint density at radius 3 is 2.88 bits per heavy atom. The van der Waals surface area contributed by atoms with Gasteiger partial charge in [0.2, 0.25) is 0 Å². The molecule has 3 nitrogen and oxygen atoms in total. The minimum atomic E-state index is 0.747. The fourth-order valence-electron chi connectivity index (χ4n) is 1.37. The molecule has 1 heterocycles. The molecule has 0 aliphatic heterocycles. The molecule has 0 bridgehead atoms. The summed E-state index contributed by atoms with van der Waals surface area (Å²) in [6, 6.07) is 6.04. The van der Waals surface area contributed by atoms with Crippen molar-refractivity contribution in [2.75, 3.05) is 13.6 Å². The van der Waals surface area contributed by atoms with Gasteiger partial charge in [0.25, 0.3) is 0 Å². The SMILES string of the molecule is CCCNC(=S)N(C)Cc1cccc(C)n1. The van der Waals surface area contributed by atoms with Crippen LogP contribution in [0.25, 0.3) is 0 Å². The molecule has 16 heavy (non-hydrogen) atoms. The normalized spacial score (nSPS) is 9.94. The van der Waals surface area contributed by atoms with Crippen LogP contribution in [0.1, 0.15) is 24.7 Å². The highest BCUT2D eigenvalue weighted by atomic mass is 32.1. The van der Waals surface area contributed by atoms with Gasteiger partial charge in [-0.1, -0.05) is 13.0 Å². The lowest BCUT2D eigenvalue weighted by atomic mass is 10.3. The Labute approximate surface area is 103 Å². The molecule has 0 atom stereocenters. The Bertz CT molecular complexity index is 352. The van der Waals surface area contributed by atoms with Crippen molar-refractivity contribution in [2.45, 2.75) is 26.8 Å². The minimum Gasteiger partial charge on any atom is -0.363 e. The van der Waals surface area contributed by atoms with Crippen molar-refractivity contribution in [1.82, 2.24) is 15.2 Å². The quantitative estimate of drug-likeness (QED) is 0.812. The Morgan fingerprint density at radius 1 is 1.50 bits per heavy atom. The first kappa shape index (κ1) is 12.9. The van der Waals surface area contributed by atoms with E-state index in [1.54, 1.807) is 0 Å². The van der Waals surface area contributed by atoms with Gasteiger partial charge >= 0.3 is 0 Å². The predicted molar refractivity (Wildman–Crippen MR) is 71.3 cm³/mol. The summed E-state index contributed by atoms with van der Waals surface area (Å²) in [7, 11) is 1.98. The van der Waals surface area contributed by atoms with Crippen LogP contribution in [0.2, 0.25) is 0 Å². The van der Waals surface area contributed by atoms with Crippen molar-refractivity contribution in [1.29, 1.82) is 0 Å². The summed E-state index contributed by atoms with van der Waals surface area (Å²) in [6.07, 6.45) is 1.08. The van der Waals surface area contributed by atoms with E-state index in [0.717, 1.165) is 36.0 Å². The standard InChI is InChI=1S/C12H19N3S/c1-4-8-13-12(16)15(3)9-11-7-5-6-10(2)14-11/h5-7H,4,8-9H2,1-3H3,(H,13,16).